The number of hydrogen-bond acceptors (Lipinski definition) is 3. The van der Waals surface area contributed by atoms with Crippen LogP contribution < -0.4 is 10.5 Å². The number of sulfonamides is 1. The van der Waals surface area contributed by atoms with Gasteiger partial charge in [0.15, 0.2) is 0 Å². The predicted molar refractivity (Wildman–Crippen MR) is 75.1 cm³/mol. The maximum Gasteiger partial charge on any atom is 0.242 e. The van der Waals surface area contributed by atoms with Crippen LogP contribution in [0.25, 0.3) is 0 Å². The number of rotatable bonds is 6. The Morgan fingerprint density at radius 3 is 2.63 bits per heavy atom. The van der Waals surface area contributed by atoms with Gasteiger partial charge in [0.1, 0.15) is 10.7 Å². The van der Waals surface area contributed by atoms with E-state index in [9.17, 15) is 12.8 Å². The van der Waals surface area contributed by atoms with Gasteiger partial charge in [-0.3, -0.25) is 0 Å². The SMILES string of the molecule is CC(C)CCCNS(=O)(=O)c1cc(N)c(F)cc1Cl. The molecule has 7 heteroatoms. The van der Waals surface area contributed by atoms with E-state index >= 15 is 0 Å². The maximum absolute atomic E-state index is 13.1. The average molecular weight is 309 g/mol. The number of nitrogens with two attached hydrogens (primary N) is 1. The van der Waals surface area contributed by atoms with Gasteiger partial charge < -0.3 is 5.73 Å². The lowest BCUT2D eigenvalue weighted by atomic mass is 10.1. The Morgan fingerprint density at radius 2 is 2.05 bits per heavy atom. The topological polar surface area (TPSA) is 72.2 Å². The van der Waals surface area contributed by atoms with E-state index in [0.29, 0.717) is 12.5 Å². The lowest BCUT2D eigenvalue weighted by Crippen LogP contribution is -2.25. The summed E-state index contributed by atoms with van der Waals surface area (Å²) in [5, 5.41) is -0.178. The van der Waals surface area contributed by atoms with Gasteiger partial charge in [-0.05, 0) is 30.9 Å². The fourth-order valence-corrected chi connectivity index (χ4v) is 3.17. The van der Waals surface area contributed by atoms with Crippen LogP contribution in [0.5, 0.6) is 0 Å². The second-order valence-corrected chi connectivity index (χ2v) is 6.88. The van der Waals surface area contributed by atoms with Gasteiger partial charge in [0.05, 0.1) is 10.7 Å². The summed E-state index contributed by atoms with van der Waals surface area (Å²) in [7, 11) is -3.76. The highest BCUT2D eigenvalue weighted by Gasteiger charge is 2.19. The van der Waals surface area contributed by atoms with E-state index in [-0.39, 0.29) is 15.6 Å². The minimum absolute atomic E-state index is 0.178. The normalized spacial score (nSPS) is 12.1. The van der Waals surface area contributed by atoms with E-state index in [1.807, 2.05) is 0 Å². The Balaban J connectivity index is 2.80. The number of halogens is 2. The summed E-state index contributed by atoms with van der Waals surface area (Å²) < 4.78 is 39.5. The van der Waals surface area contributed by atoms with Gasteiger partial charge in [-0.15, -0.1) is 0 Å². The molecule has 3 N–H and O–H groups in total. The van der Waals surface area contributed by atoms with Gasteiger partial charge in [-0.1, -0.05) is 25.4 Å². The highest BCUT2D eigenvalue weighted by molar-refractivity contribution is 7.89. The smallest absolute Gasteiger partial charge is 0.242 e. The summed E-state index contributed by atoms with van der Waals surface area (Å²) in [6, 6.07) is 1.93. The molecule has 19 heavy (non-hydrogen) atoms. The summed E-state index contributed by atoms with van der Waals surface area (Å²) >= 11 is 5.73. The quantitative estimate of drug-likeness (QED) is 0.627. The molecule has 0 heterocycles. The van der Waals surface area contributed by atoms with Crippen LogP contribution in [0.2, 0.25) is 5.02 Å². The molecule has 0 bridgehead atoms. The summed E-state index contributed by atoms with van der Waals surface area (Å²) in [4.78, 5) is -0.197. The Bertz CT molecular complexity index is 547. The Morgan fingerprint density at radius 1 is 1.42 bits per heavy atom. The van der Waals surface area contributed by atoms with Crippen molar-refractivity contribution in [2.24, 2.45) is 5.92 Å². The van der Waals surface area contributed by atoms with Gasteiger partial charge >= 0.3 is 0 Å². The Labute approximate surface area is 118 Å². The molecule has 0 saturated carbocycles. The van der Waals surface area contributed by atoms with Gasteiger partial charge in [-0.2, -0.15) is 0 Å². The highest BCUT2D eigenvalue weighted by Crippen LogP contribution is 2.26. The van der Waals surface area contributed by atoms with Crippen molar-refractivity contribution in [1.29, 1.82) is 0 Å². The van der Waals surface area contributed by atoms with E-state index in [1.165, 1.54) is 0 Å². The van der Waals surface area contributed by atoms with Crippen molar-refractivity contribution in [3.63, 3.8) is 0 Å². The zero-order chi connectivity index (χ0) is 14.6. The summed E-state index contributed by atoms with van der Waals surface area (Å²) in [6.07, 6.45) is 1.65. The van der Waals surface area contributed by atoms with Crippen molar-refractivity contribution >= 4 is 27.3 Å². The van der Waals surface area contributed by atoms with Gasteiger partial charge in [0.25, 0.3) is 0 Å². The molecule has 0 spiro atoms. The third kappa shape index (κ3) is 4.63. The van der Waals surface area contributed by atoms with E-state index in [2.05, 4.69) is 18.6 Å². The third-order valence-electron chi connectivity index (χ3n) is 2.59. The molecule has 0 atom stereocenters. The standard InChI is InChI=1S/C12H18ClFN2O2S/c1-8(2)4-3-5-16-19(17,18)12-7-11(15)10(14)6-9(12)13/h6-8,16H,3-5,15H2,1-2H3. The molecule has 0 unspecified atom stereocenters. The molecule has 4 nitrogen and oxygen atoms in total. The van der Waals surface area contributed by atoms with Crippen LogP contribution in [0.3, 0.4) is 0 Å². The van der Waals surface area contributed by atoms with Crippen LogP contribution in [0.4, 0.5) is 10.1 Å². The Hall–Kier alpha value is -0.850. The molecule has 0 radical (unpaired) electrons. The van der Waals surface area contributed by atoms with Crippen molar-refractivity contribution in [2.75, 3.05) is 12.3 Å². The van der Waals surface area contributed by atoms with Crippen molar-refractivity contribution in [2.45, 2.75) is 31.6 Å². The molecule has 0 saturated heterocycles. The number of hydrogen-bond donors (Lipinski definition) is 2. The number of nitrogen functional groups attached to an aromatic ring is 1. The average Bonchev–Trinajstić information content (AvgIpc) is 2.29. The molecule has 1 aromatic rings. The van der Waals surface area contributed by atoms with Gasteiger partial charge in [-0.25, -0.2) is 17.5 Å². The first-order valence-electron chi connectivity index (χ1n) is 5.98. The maximum atomic E-state index is 13.1. The van der Waals surface area contributed by atoms with Crippen LogP contribution in [0.15, 0.2) is 17.0 Å². The van der Waals surface area contributed by atoms with E-state index in [0.717, 1.165) is 25.0 Å². The molecule has 108 valence electrons. The minimum atomic E-state index is -3.76. The first-order valence-corrected chi connectivity index (χ1v) is 7.84. The highest BCUT2D eigenvalue weighted by atomic mass is 35.5. The van der Waals surface area contributed by atoms with E-state index in [1.54, 1.807) is 0 Å². The van der Waals surface area contributed by atoms with Gasteiger partial charge in [0.2, 0.25) is 10.0 Å². The van der Waals surface area contributed by atoms with Crippen LogP contribution >= 0.6 is 11.6 Å². The fraction of sp³-hybridized carbons (Fsp3) is 0.500. The molecule has 0 aliphatic rings. The first-order chi connectivity index (χ1) is 8.74. The lowest BCUT2D eigenvalue weighted by Gasteiger charge is -2.10. The largest absolute Gasteiger partial charge is 0.396 e. The number of benzene rings is 1. The zero-order valence-electron chi connectivity index (χ0n) is 10.9. The predicted octanol–water partition coefficient (Wildman–Crippen LogP) is 2.78. The van der Waals surface area contributed by atoms with E-state index in [4.69, 9.17) is 17.3 Å². The molecular weight excluding hydrogens is 291 g/mol. The first kappa shape index (κ1) is 16.2. The van der Waals surface area contributed by atoms with Crippen molar-refractivity contribution in [1.82, 2.24) is 4.72 Å². The second kappa shape index (κ2) is 6.54. The van der Waals surface area contributed by atoms with Crippen LogP contribution in [0.1, 0.15) is 26.7 Å². The molecule has 0 aliphatic heterocycles. The molecule has 0 aliphatic carbocycles. The minimum Gasteiger partial charge on any atom is -0.396 e. The zero-order valence-corrected chi connectivity index (χ0v) is 12.5. The fourth-order valence-electron chi connectivity index (χ4n) is 1.55. The van der Waals surface area contributed by atoms with Crippen molar-refractivity contribution < 1.29 is 12.8 Å². The number of nitrogens with one attached hydrogen (secondary N) is 1. The van der Waals surface area contributed by atoms with Crippen LogP contribution in [-0.4, -0.2) is 15.0 Å². The van der Waals surface area contributed by atoms with Crippen LogP contribution in [0, 0.1) is 11.7 Å². The summed E-state index contributed by atoms with van der Waals surface area (Å²) in [5.74, 6) is -0.224. The van der Waals surface area contributed by atoms with Crippen LogP contribution in [-0.2, 0) is 10.0 Å². The van der Waals surface area contributed by atoms with Crippen molar-refractivity contribution in [3.8, 4) is 0 Å². The van der Waals surface area contributed by atoms with Gasteiger partial charge in [0, 0.05) is 6.54 Å². The summed E-state index contributed by atoms with van der Waals surface area (Å²) in [6.45, 7) is 4.44. The molecule has 0 aromatic heterocycles. The number of anilines is 1. The molecule has 1 rings (SSSR count). The monoisotopic (exact) mass is 308 g/mol. The third-order valence-corrected chi connectivity index (χ3v) is 4.52. The molecule has 0 amide bonds. The Kier molecular flexibility index (Phi) is 5.58. The lowest BCUT2D eigenvalue weighted by molar-refractivity contribution is 0.540. The second-order valence-electron chi connectivity index (χ2n) is 4.74. The molecular formula is C12H18ClFN2O2S. The van der Waals surface area contributed by atoms with Crippen molar-refractivity contribution in [3.05, 3.63) is 23.0 Å². The molecule has 1 aromatic carbocycles. The van der Waals surface area contributed by atoms with E-state index < -0.39 is 15.8 Å². The summed E-state index contributed by atoms with van der Waals surface area (Å²) in [5.41, 5.74) is 5.11. The molecule has 0 fully saturated rings.